The Kier molecular flexibility index (Phi) is 7.97. The average Bonchev–Trinajstić information content (AvgIpc) is 3.13. The van der Waals surface area contributed by atoms with Crippen LogP contribution in [0.1, 0.15) is 71.4 Å². The van der Waals surface area contributed by atoms with Crippen LogP contribution in [0.5, 0.6) is 5.75 Å². The van der Waals surface area contributed by atoms with E-state index in [0.29, 0.717) is 30.4 Å². The van der Waals surface area contributed by atoms with Crippen LogP contribution in [0.15, 0.2) is 35.6 Å². The molecular weight excluding hydrogens is 428 g/mol. The van der Waals surface area contributed by atoms with Gasteiger partial charge in [-0.2, -0.15) is 0 Å². The zero-order valence-electron chi connectivity index (χ0n) is 21.2. The smallest absolute Gasteiger partial charge is 0.290 e. The number of amides is 1. The molecule has 1 fully saturated rings. The predicted molar refractivity (Wildman–Crippen MR) is 132 cm³/mol. The van der Waals surface area contributed by atoms with E-state index < -0.39 is 6.04 Å². The highest BCUT2D eigenvalue weighted by atomic mass is 16.5. The van der Waals surface area contributed by atoms with Crippen LogP contribution in [-0.2, 0) is 14.3 Å². The Hall–Kier alpha value is -2.34. The third-order valence-electron chi connectivity index (χ3n) is 7.62. The molecule has 0 saturated heterocycles. The van der Waals surface area contributed by atoms with Gasteiger partial charge in [0.05, 0.1) is 24.1 Å². The van der Waals surface area contributed by atoms with Gasteiger partial charge in [-0.1, -0.05) is 39.8 Å². The molecule has 3 aliphatic rings. The molecule has 1 aliphatic carbocycles. The van der Waals surface area contributed by atoms with E-state index >= 15 is 0 Å². The third kappa shape index (κ3) is 4.88. The van der Waals surface area contributed by atoms with Crippen LogP contribution < -0.4 is 4.74 Å². The number of nitrogens with zero attached hydrogens (tertiary/aromatic N) is 2. The molecule has 0 radical (unpaired) electrons. The predicted octanol–water partition coefficient (Wildman–Crippen LogP) is 4.75. The molecule has 2 aliphatic heterocycles. The Balaban J connectivity index is 1.66. The van der Waals surface area contributed by atoms with Crippen molar-refractivity contribution in [3.63, 3.8) is 0 Å². The molecule has 6 heteroatoms. The number of Topliss-reactive ketones (excluding diaryl/α,β-unsaturated/α-hetero) is 1. The summed E-state index contributed by atoms with van der Waals surface area (Å²) in [6, 6.07) is 7.48. The monoisotopic (exact) mass is 468 g/mol. The average molecular weight is 469 g/mol. The summed E-state index contributed by atoms with van der Waals surface area (Å²) in [6.45, 7) is 12.7. The molecule has 0 bridgehead atoms. The summed E-state index contributed by atoms with van der Waals surface area (Å²) >= 11 is 0. The fourth-order valence-corrected chi connectivity index (χ4v) is 5.70. The largest absolute Gasteiger partial charge is 0.494 e. The summed E-state index contributed by atoms with van der Waals surface area (Å²) in [5.74, 6) is 1.41. The first-order chi connectivity index (χ1) is 16.5. The normalized spacial score (nSPS) is 26.6. The molecule has 1 aromatic rings. The summed E-state index contributed by atoms with van der Waals surface area (Å²) in [7, 11) is 0. The number of carbonyl (C=O) groups excluding carboxylic acids is 2. The highest BCUT2D eigenvalue weighted by molar-refractivity contribution is 6.11. The van der Waals surface area contributed by atoms with Gasteiger partial charge in [0.25, 0.3) is 5.91 Å². The van der Waals surface area contributed by atoms with Crippen LogP contribution in [0.4, 0.5) is 0 Å². The first-order valence-electron chi connectivity index (χ1n) is 13.2. The van der Waals surface area contributed by atoms with E-state index in [2.05, 4.69) is 32.6 Å². The van der Waals surface area contributed by atoms with Crippen LogP contribution in [0.2, 0.25) is 0 Å². The Morgan fingerprint density at radius 1 is 1.15 bits per heavy atom. The lowest BCUT2D eigenvalue weighted by molar-refractivity contribution is -0.136. The van der Waals surface area contributed by atoms with Crippen molar-refractivity contribution >= 4 is 11.7 Å². The lowest BCUT2D eigenvalue weighted by Crippen LogP contribution is -2.41. The van der Waals surface area contributed by atoms with Crippen molar-refractivity contribution in [2.75, 3.05) is 32.8 Å². The second-order valence-electron chi connectivity index (χ2n) is 9.99. The molecule has 4 rings (SSSR count). The second-order valence-corrected chi connectivity index (χ2v) is 9.99. The number of hydrogen-bond donors (Lipinski definition) is 0. The fraction of sp³-hybridized carbons (Fsp3) is 0.643. The molecule has 34 heavy (non-hydrogen) atoms. The highest BCUT2D eigenvalue weighted by Gasteiger charge is 2.52. The Labute approximate surface area is 204 Å². The van der Waals surface area contributed by atoms with E-state index in [1.54, 1.807) is 0 Å². The molecule has 0 aromatic heterocycles. The van der Waals surface area contributed by atoms with E-state index in [1.165, 1.54) is 0 Å². The minimum Gasteiger partial charge on any atom is -0.494 e. The van der Waals surface area contributed by atoms with Gasteiger partial charge in [-0.15, -0.1) is 0 Å². The molecule has 4 atom stereocenters. The van der Waals surface area contributed by atoms with Gasteiger partial charge < -0.3 is 19.3 Å². The molecule has 0 spiro atoms. The number of ether oxygens (including phenoxy) is 2. The zero-order valence-corrected chi connectivity index (χ0v) is 21.2. The SMILES string of the molecule is CCCOc1cccc(C2C3=C(OC4CCC(C)CC4C3=O)C(=O)N2CCCN(CC)CC)c1. The lowest BCUT2D eigenvalue weighted by atomic mass is 9.74. The summed E-state index contributed by atoms with van der Waals surface area (Å²) < 4.78 is 12.2. The van der Waals surface area contributed by atoms with Crippen LogP contribution in [0, 0.1) is 11.8 Å². The molecule has 4 unspecified atom stereocenters. The summed E-state index contributed by atoms with van der Waals surface area (Å²) in [6.07, 6.45) is 4.33. The van der Waals surface area contributed by atoms with E-state index in [4.69, 9.17) is 9.47 Å². The van der Waals surface area contributed by atoms with Gasteiger partial charge in [-0.3, -0.25) is 9.59 Å². The quantitative estimate of drug-likeness (QED) is 0.496. The minimum absolute atomic E-state index is 0.113. The van der Waals surface area contributed by atoms with E-state index in [9.17, 15) is 9.59 Å². The van der Waals surface area contributed by atoms with Crippen LogP contribution in [-0.4, -0.2) is 60.4 Å². The Morgan fingerprint density at radius 2 is 1.94 bits per heavy atom. The van der Waals surface area contributed by atoms with Gasteiger partial charge in [0.15, 0.2) is 11.5 Å². The van der Waals surface area contributed by atoms with Gasteiger partial charge in [-0.25, -0.2) is 0 Å². The maximum Gasteiger partial charge on any atom is 0.290 e. The number of hydrogen-bond acceptors (Lipinski definition) is 5. The van der Waals surface area contributed by atoms with Crippen molar-refractivity contribution in [3.05, 3.63) is 41.2 Å². The molecular formula is C28H40N2O4. The van der Waals surface area contributed by atoms with Gasteiger partial charge in [0.1, 0.15) is 11.9 Å². The number of benzene rings is 1. The molecule has 0 N–H and O–H groups in total. The highest BCUT2D eigenvalue weighted by Crippen LogP contribution is 2.47. The van der Waals surface area contributed by atoms with Gasteiger partial charge in [0, 0.05) is 6.54 Å². The first kappa shape index (κ1) is 24.8. The number of fused-ring (bicyclic) bond motifs is 1. The van der Waals surface area contributed by atoms with Crippen molar-refractivity contribution in [2.45, 2.75) is 71.9 Å². The van der Waals surface area contributed by atoms with E-state index in [-0.39, 0.29) is 23.7 Å². The van der Waals surface area contributed by atoms with Gasteiger partial charge in [-0.05, 0) is 75.4 Å². The van der Waals surface area contributed by atoms with E-state index in [1.807, 2.05) is 29.2 Å². The molecule has 1 saturated carbocycles. The standard InChI is InChI=1S/C28H40N2O4/c1-5-16-33-21-11-8-10-20(18-21)25-24-26(31)22-17-19(4)12-13-23(22)34-27(24)28(32)30(25)15-9-14-29(6-2)7-3/h8,10-11,18-19,22-23,25H,5-7,9,12-17H2,1-4H3. The third-order valence-corrected chi connectivity index (χ3v) is 7.62. The molecule has 186 valence electrons. The lowest BCUT2D eigenvalue weighted by Gasteiger charge is -2.37. The van der Waals surface area contributed by atoms with E-state index in [0.717, 1.165) is 63.1 Å². The molecule has 6 nitrogen and oxygen atoms in total. The molecule has 2 heterocycles. The Morgan fingerprint density at radius 3 is 2.68 bits per heavy atom. The maximum absolute atomic E-state index is 13.8. The maximum atomic E-state index is 13.8. The molecule has 1 aromatic carbocycles. The van der Waals surface area contributed by atoms with Crippen molar-refractivity contribution in [3.8, 4) is 5.75 Å². The van der Waals surface area contributed by atoms with Crippen molar-refractivity contribution < 1.29 is 19.1 Å². The fourth-order valence-electron chi connectivity index (χ4n) is 5.70. The summed E-state index contributed by atoms with van der Waals surface area (Å²) in [5.41, 5.74) is 1.49. The van der Waals surface area contributed by atoms with Gasteiger partial charge in [0.2, 0.25) is 0 Å². The van der Waals surface area contributed by atoms with Crippen molar-refractivity contribution in [1.82, 2.24) is 9.80 Å². The van der Waals surface area contributed by atoms with Gasteiger partial charge >= 0.3 is 0 Å². The van der Waals surface area contributed by atoms with Crippen LogP contribution >= 0.6 is 0 Å². The molecule has 1 amide bonds. The topological polar surface area (TPSA) is 59.1 Å². The second kappa shape index (κ2) is 10.9. The van der Waals surface area contributed by atoms with Crippen molar-refractivity contribution in [2.24, 2.45) is 11.8 Å². The first-order valence-corrected chi connectivity index (χ1v) is 13.2. The number of rotatable bonds is 10. The zero-order chi connectivity index (χ0) is 24.2. The number of carbonyl (C=O) groups is 2. The van der Waals surface area contributed by atoms with Crippen LogP contribution in [0.25, 0.3) is 0 Å². The van der Waals surface area contributed by atoms with Crippen molar-refractivity contribution in [1.29, 1.82) is 0 Å². The number of ketones is 1. The Bertz CT molecular complexity index is 923. The summed E-state index contributed by atoms with van der Waals surface area (Å²) in [5, 5.41) is 0. The minimum atomic E-state index is -0.407. The van der Waals surface area contributed by atoms with Crippen LogP contribution in [0.3, 0.4) is 0 Å². The summed E-state index contributed by atoms with van der Waals surface area (Å²) in [4.78, 5) is 31.7.